The van der Waals surface area contributed by atoms with Gasteiger partial charge >= 0.3 is 5.97 Å². The number of methoxy groups -OCH3 is 1. The van der Waals surface area contributed by atoms with Gasteiger partial charge in [-0.05, 0) is 0 Å². The minimum absolute atomic E-state index is 0.0207. The predicted molar refractivity (Wildman–Crippen MR) is 38.6 cm³/mol. The van der Waals surface area contributed by atoms with E-state index in [-0.39, 0.29) is 12.4 Å². The Hall–Kier alpha value is -1.36. The zero-order chi connectivity index (χ0) is 8.97. The van der Waals surface area contributed by atoms with Crippen LogP contribution in [0.25, 0.3) is 0 Å². The molecule has 0 bridgehead atoms. The Labute approximate surface area is 68.9 Å². The Morgan fingerprint density at radius 2 is 2.58 bits per heavy atom. The largest absolute Gasteiger partial charge is 0.463 e. The van der Waals surface area contributed by atoms with Gasteiger partial charge in [-0.1, -0.05) is 5.16 Å². The second kappa shape index (κ2) is 3.87. The molecule has 0 amide bonds. The monoisotopic (exact) mass is 171 g/mol. The van der Waals surface area contributed by atoms with Crippen LogP contribution in [0.2, 0.25) is 0 Å². The van der Waals surface area contributed by atoms with E-state index >= 15 is 0 Å². The highest BCUT2D eigenvalue weighted by molar-refractivity contribution is 5.86. The van der Waals surface area contributed by atoms with Gasteiger partial charge in [-0.2, -0.15) is 0 Å². The van der Waals surface area contributed by atoms with Gasteiger partial charge < -0.3 is 14.4 Å². The van der Waals surface area contributed by atoms with Crippen molar-refractivity contribution in [3.05, 3.63) is 17.5 Å². The summed E-state index contributed by atoms with van der Waals surface area (Å²) < 4.78 is 9.03. The van der Waals surface area contributed by atoms with E-state index in [4.69, 9.17) is 5.11 Å². The summed E-state index contributed by atoms with van der Waals surface area (Å²) in [5, 5.41) is 12.1. The van der Waals surface area contributed by atoms with Crippen LogP contribution >= 0.6 is 0 Å². The summed E-state index contributed by atoms with van der Waals surface area (Å²) in [5.41, 5.74) is 0.540. The Balaban J connectivity index is 2.70. The Kier molecular flexibility index (Phi) is 2.82. The Morgan fingerprint density at radius 3 is 3.17 bits per heavy atom. The average Bonchev–Trinajstić information content (AvgIpc) is 2.52. The van der Waals surface area contributed by atoms with Gasteiger partial charge in [0.15, 0.2) is 0 Å². The van der Waals surface area contributed by atoms with Crippen LogP contribution in [0.1, 0.15) is 16.2 Å². The Morgan fingerprint density at radius 1 is 1.83 bits per heavy atom. The van der Waals surface area contributed by atoms with Gasteiger partial charge in [-0.15, -0.1) is 0 Å². The third-order valence-corrected chi connectivity index (χ3v) is 1.31. The maximum atomic E-state index is 10.8. The molecule has 66 valence electrons. The molecule has 0 spiro atoms. The molecule has 0 aliphatic carbocycles. The first kappa shape index (κ1) is 8.73. The number of aromatic nitrogens is 1. The summed E-state index contributed by atoms with van der Waals surface area (Å²) in [6.45, 7) is -0.0207. The lowest BCUT2D eigenvalue weighted by Gasteiger charge is -1.88. The normalized spacial score (nSPS) is 9.83. The van der Waals surface area contributed by atoms with E-state index in [2.05, 4.69) is 14.4 Å². The van der Waals surface area contributed by atoms with Crippen molar-refractivity contribution in [2.24, 2.45) is 0 Å². The van der Waals surface area contributed by atoms with Crippen LogP contribution in [0, 0.1) is 0 Å². The first-order chi connectivity index (χ1) is 5.77. The molecule has 0 aliphatic heterocycles. The number of rotatable bonds is 3. The molecule has 0 saturated heterocycles. The average molecular weight is 171 g/mol. The zero-order valence-corrected chi connectivity index (χ0v) is 6.61. The molecule has 1 aromatic rings. The van der Waals surface area contributed by atoms with Gasteiger partial charge in [0, 0.05) is 19.1 Å². The van der Waals surface area contributed by atoms with Gasteiger partial charge in [0.05, 0.1) is 12.8 Å². The summed E-state index contributed by atoms with van der Waals surface area (Å²) in [6.07, 6.45) is 0.375. The molecule has 1 heterocycles. The lowest BCUT2D eigenvalue weighted by Crippen LogP contribution is -1.98. The van der Waals surface area contributed by atoms with Crippen LogP contribution in [0.15, 0.2) is 10.6 Å². The molecule has 1 aromatic heterocycles. The molecule has 1 N–H and O–H groups in total. The molecule has 0 saturated carbocycles. The van der Waals surface area contributed by atoms with Gasteiger partial charge in [0.2, 0.25) is 5.76 Å². The van der Waals surface area contributed by atoms with Gasteiger partial charge in [0.25, 0.3) is 0 Å². The van der Waals surface area contributed by atoms with E-state index < -0.39 is 5.97 Å². The van der Waals surface area contributed by atoms with Crippen molar-refractivity contribution in [3.63, 3.8) is 0 Å². The van der Waals surface area contributed by atoms with Crippen molar-refractivity contribution in [2.75, 3.05) is 13.7 Å². The molecule has 0 unspecified atom stereocenters. The van der Waals surface area contributed by atoms with Crippen molar-refractivity contribution in [1.82, 2.24) is 5.16 Å². The summed E-state index contributed by atoms with van der Waals surface area (Å²) in [6, 6.07) is 1.45. The van der Waals surface area contributed by atoms with Crippen molar-refractivity contribution < 1.29 is 19.2 Å². The molecule has 0 fully saturated rings. The van der Waals surface area contributed by atoms with E-state index in [1.54, 1.807) is 0 Å². The van der Waals surface area contributed by atoms with Gasteiger partial charge in [-0.3, -0.25) is 0 Å². The third-order valence-electron chi connectivity index (χ3n) is 1.31. The second-order valence-corrected chi connectivity index (χ2v) is 2.15. The molecule has 1 rings (SSSR count). The fraction of sp³-hybridized carbons (Fsp3) is 0.429. The number of hydrogen-bond donors (Lipinski definition) is 1. The lowest BCUT2D eigenvalue weighted by molar-refractivity contribution is 0.0554. The predicted octanol–water partition coefficient (Wildman–Crippen LogP) is -0.00400. The highest BCUT2D eigenvalue weighted by atomic mass is 16.5. The number of nitrogens with zero attached hydrogens (tertiary/aromatic N) is 1. The number of aliphatic hydroxyl groups is 1. The van der Waals surface area contributed by atoms with Gasteiger partial charge in [-0.25, -0.2) is 4.79 Å². The van der Waals surface area contributed by atoms with E-state index in [1.807, 2.05) is 0 Å². The van der Waals surface area contributed by atoms with Crippen molar-refractivity contribution in [1.29, 1.82) is 0 Å². The molecule has 5 heteroatoms. The number of aliphatic hydroxyl groups excluding tert-OH is 1. The number of ether oxygens (including phenoxy) is 1. The summed E-state index contributed by atoms with van der Waals surface area (Å²) in [4.78, 5) is 10.8. The molecule has 0 aliphatic rings. The second-order valence-electron chi connectivity index (χ2n) is 2.15. The Bertz CT molecular complexity index is 268. The molecular formula is C7H9NO4. The van der Waals surface area contributed by atoms with Crippen LogP contribution in [-0.2, 0) is 11.2 Å². The standard InChI is InChI=1S/C7H9NO4/c1-11-7(10)6-4-5(2-3-9)8-12-6/h4,9H,2-3H2,1H3. The number of carbonyl (C=O) groups excluding carboxylic acids is 1. The smallest absolute Gasteiger partial charge is 0.376 e. The third kappa shape index (κ3) is 1.82. The first-order valence-electron chi connectivity index (χ1n) is 3.42. The number of carbonyl (C=O) groups is 1. The topological polar surface area (TPSA) is 72.6 Å². The fourth-order valence-electron chi connectivity index (χ4n) is 0.741. The van der Waals surface area contributed by atoms with Crippen molar-refractivity contribution >= 4 is 5.97 Å². The SMILES string of the molecule is COC(=O)c1cc(CCO)no1. The van der Waals surface area contributed by atoms with Crippen molar-refractivity contribution in [3.8, 4) is 0 Å². The lowest BCUT2D eigenvalue weighted by atomic mass is 10.3. The van der Waals surface area contributed by atoms with E-state index in [9.17, 15) is 4.79 Å². The maximum absolute atomic E-state index is 10.8. The summed E-state index contributed by atoms with van der Waals surface area (Å²) in [7, 11) is 1.26. The minimum Gasteiger partial charge on any atom is -0.463 e. The van der Waals surface area contributed by atoms with Crippen LogP contribution in [-0.4, -0.2) is 29.9 Å². The molecule has 0 atom stereocenters. The molecule has 5 nitrogen and oxygen atoms in total. The highest BCUT2D eigenvalue weighted by Gasteiger charge is 2.12. The summed E-state index contributed by atoms with van der Waals surface area (Å²) >= 11 is 0. The van der Waals surface area contributed by atoms with Crippen LogP contribution < -0.4 is 0 Å². The molecule has 12 heavy (non-hydrogen) atoms. The molecular weight excluding hydrogens is 162 g/mol. The van der Waals surface area contributed by atoms with Crippen LogP contribution in [0.4, 0.5) is 0 Å². The minimum atomic E-state index is -0.563. The van der Waals surface area contributed by atoms with E-state index in [0.29, 0.717) is 12.1 Å². The van der Waals surface area contributed by atoms with Gasteiger partial charge in [0.1, 0.15) is 0 Å². The molecule has 0 radical (unpaired) electrons. The quantitative estimate of drug-likeness (QED) is 0.648. The fourth-order valence-corrected chi connectivity index (χ4v) is 0.741. The number of esters is 1. The van der Waals surface area contributed by atoms with Crippen LogP contribution in [0.5, 0.6) is 0 Å². The highest BCUT2D eigenvalue weighted by Crippen LogP contribution is 2.04. The summed E-state index contributed by atoms with van der Waals surface area (Å²) in [5.74, 6) is -0.507. The number of hydrogen-bond acceptors (Lipinski definition) is 5. The first-order valence-corrected chi connectivity index (χ1v) is 3.42. The van der Waals surface area contributed by atoms with Crippen molar-refractivity contribution in [2.45, 2.75) is 6.42 Å². The molecule has 0 aromatic carbocycles. The van der Waals surface area contributed by atoms with E-state index in [1.165, 1.54) is 13.2 Å². The van der Waals surface area contributed by atoms with Crippen LogP contribution in [0.3, 0.4) is 0 Å². The van der Waals surface area contributed by atoms with E-state index in [0.717, 1.165) is 0 Å². The zero-order valence-electron chi connectivity index (χ0n) is 6.61. The maximum Gasteiger partial charge on any atom is 0.376 e.